The lowest BCUT2D eigenvalue weighted by atomic mass is 10.2. The van der Waals surface area contributed by atoms with Crippen LogP contribution in [-0.4, -0.2) is 24.2 Å². The molecule has 31 heavy (non-hydrogen) atoms. The van der Waals surface area contributed by atoms with Gasteiger partial charge < -0.3 is 15.4 Å². The van der Waals surface area contributed by atoms with Gasteiger partial charge in [0.1, 0.15) is 11.6 Å². The summed E-state index contributed by atoms with van der Waals surface area (Å²) in [6.07, 6.45) is 0.617. The maximum Gasteiger partial charge on any atom is 0.258 e. The topological polar surface area (TPSA) is 67.4 Å². The summed E-state index contributed by atoms with van der Waals surface area (Å²) in [5, 5.41) is 5.29. The highest BCUT2D eigenvalue weighted by Gasteiger charge is 2.19. The number of benzene rings is 3. The molecular weight excluding hydrogens is 415 g/mol. The molecule has 5 nitrogen and oxygen atoms in total. The number of amides is 2. The van der Waals surface area contributed by atoms with E-state index in [0.717, 1.165) is 4.90 Å². The van der Waals surface area contributed by atoms with Crippen molar-refractivity contribution < 1.29 is 18.7 Å². The number of carbonyl (C=O) groups is 2. The maximum atomic E-state index is 13.8. The molecule has 2 N–H and O–H groups in total. The van der Waals surface area contributed by atoms with Gasteiger partial charge in [0, 0.05) is 22.3 Å². The number of hydrogen-bond donors (Lipinski definition) is 2. The molecule has 3 aromatic carbocycles. The first-order valence-electron chi connectivity index (χ1n) is 9.77. The number of ether oxygens (including phenoxy) is 1. The van der Waals surface area contributed by atoms with Crippen molar-refractivity contribution in [1.82, 2.24) is 0 Å². The highest BCUT2D eigenvalue weighted by atomic mass is 32.2. The minimum atomic E-state index is -0.578. The summed E-state index contributed by atoms with van der Waals surface area (Å²) in [6, 6.07) is 20.1. The van der Waals surface area contributed by atoms with E-state index in [4.69, 9.17) is 4.74 Å². The van der Waals surface area contributed by atoms with Crippen LogP contribution in [0.25, 0.3) is 0 Å². The molecule has 0 spiro atoms. The van der Waals surface area contributed by atoms with E-state index in [1.807, 2.05) is 25.1 Å². The minimum absolute atomic E-state index is 0.0235. The van der Waals surface area contributed by atoms with Gasteiger partial charge in [0.2, 0.25) is 5.91 Å². The van der Waals surface area contributed by atoms with Crippen molar-refractivity contribution in [2.75, 3.05) is 17.7 Å². The number of rotatable bonds is 8. The van der Waals surface area contributed by atoms with E-state index >= 15 is 0 Å². The Labute approximate surface area is 185 Å². The second-order valence-corrected chi connectivity index (χ2v) is 7.97. The van der Waals surface area contributed by atoms with E-state index in [-0.39, 0.29) is 16.7 Å². The highest BCUT2D eigenvalue weighted by Crippen LogP contribution is 2.29. The molecule has 0 saturated heterocycles. The van der Waals surface area contributed by atoms with Gasteiger partial charge in [-0.2, -0.15) is 0 Å². The summed E-state index contributed by atoms with van der Waals surface area (Å²) >= 11 is 1.40. The smallest absolute Gasteiger partial charge is 0.258 e. The van der Waals surface area contributed by atoms with E-state index in [1.54, 1.807) is 43.5 Å². The fourth-order valence-electron chi connectivity index (χ4n) is 2.90. The van der Waals surface area contributed by atoms with Crippen LogP contribution in [0.4, 0.5) is 15.8 Å². The summed E-state index contributed by atoms with van der Waals surface area (Å²) < 4.78 is 19.0. The van der Waals surface area contributed by atoms with E-state index in [2.05, 4.69) is 10.6 Å². The predicted molar refractivity (Wildman–Crippen MR) is 122 cm³/mol. The summed E-state index contributed by atoms with van der Waals surface area (Å²) in [6.45, 7) is 1.94. The molecule has 0 aliphatic heterocycles. The van der Waals surface area contributed by atoms with Gasteiger partial charge in [-0.15, -0.1) is 11.8 Å². The number of carbonyl (C=O) groups excluding carboxylic acids is 2. The normalized spacial score (nSPS) is 11.5. The van der Waals surface area contributed by atoms with Crippen LogP contribution in [0, 0.1) is 5.82 Å². The van der Waals surface area contributed by atoms with Gasteiger partial charge in [0.25, 0.3) is 5.91 Å². The van der Waals surface area contributed by atoms with Gasteiger partial charge in [-0.05, 0) is 48.9 Å². The van der Waals surface area contributed by atoms with Crippen LogP contribution >= 0.6 is 11.8 Å². The molecule has 160 valence electrons. The molecule has 7 heteroatoms. The number of halogens is 1. The van der Waals surface area contributed by atoms with Crippen LogP contribution in [0.1, 0.15) is 23.7 Å². The molecule has 0 aromatic heterocycles. The van der Waals surface area contributed by atoms with Crippen molar-refractivity contribution in [2.45, 2.75) is 23.5 Å². The number of anilines is 2. The molecule has 0 bridgehead atoms. The van der Waals surface area contributed by atoms with Crippen LogP contribution in [0.5, 0.6) is 5.75 Å². The molecular formula is C24H23FN2O3S. The summed E-state index contributed by atoms with van der Waals surface area (Å²) in [7, 11) is 1.57. The quantitative estimate of drug-likeness (QED) is 0.450. The van der Waals surface area contributed by atoms with Crippen molar-refractivity contribution >= 4 is 35.0 Å². The maximum absolute atomic E-state index is 13.8. The standard InChI is InChI=1S/C24H23FN2O3S/c1-3-22(24(29)27-16-8-6-10-18(14-16)30-2)31-19-11-7-9-17(15-19)26-23(28)20-12-4-5-13-21(20)25/h4-15,22H,3H2,1-2H3,(H,26,28)(H,27,29). The molecule has 3 rings (SSSR count). The first-order valence-corrected chi connectivity index (χ1v) is 10.7. The summed E-state index contributed by atoms with van der Waals surface area (Å²) in [5.74, 6) is -0.563. The fourth-order valence-corrected chi connectivity index (χ4v) is 3.91. The fraction of sp³-hybridized carbons (Fsp3) is 0.167. The van der Waals surface area contributed by atoms with Crippen LogP contribution in [0.15, 0.2) is 77.7 Å². The van der Waals surface area contributed by atoms with Gasteiger partial charge in [0.05, 0.1) is 17.9 Å². The Morgan fingerprint density at radius 3 is 2.39 bits per heavy atom. The zero-order valence-electron chi connectivity index (χ0n) is 17.2. The Kier molecular flexibility index (Phi) is 7.67. The third-order valence-electron chi connectivity index (χ3n) is 4.49. The SMILES string of the molecule is CCC(Sc1cccc(NC(=O)c2ccccc2F)c1)C(=O)Nc1cccc(OC)c1. The molecule has 0 radical (unpaired) electrons. The minimum Gasteiger partial charge on any atom is -0.497 e. The second kappa shape index (κ2) is 10.6. The number of nitrogens with one attached hydrogen (secondary N) is 2. The van der Waals surface area contributed by atoms with Crippen LogP contribution in [0.2, 0.25) is 0 Å². The molecule has 0 saturated carbocycles. The highest BCUT2D eigenvalue weighted by molar-refractivity contribution is 8.00. The Morgan fingerprint density at radius 2 is 1.68 bits per heavy atom. The third kappa shape index (κ3) is 6.08. The lowest BCUT2D eigenvalue weighted by Gasteiger charge is -2.16. The van der Waals surface area contributed by atoms with Gasteiger partial charge in [-0.3, -0.25) is 9.59 Å². The Balaban J connectivity index is 1.67. The van der Waals surface area contributed by atoms with Crippen molar-refractivity contribution in [3.8, 4) is 5.75 Å². The second-order valence-electron chi connectivity index (χ2n) is 6.70. The van der Waals surface area contributed by atoms with E-state index in [0.29, 0.717) is 23.5 Å². The van der Waals surface area contributed by atoms with Gasteiger partial charge in [-0.25, -0.2) is 4.39 Å². The van der Waals surface area contributed by atoms with Gasteiger partial charge >= 0.3 is 0 Å². The molecule has 0 heterocycles. The zero-order valence-corrected chi connectivity index (χ0v) is 18.0. The van der Waals surface area contributed by atoms with Crippen LogP contribution < -0.4 is 15.4 Å². The van der Waals surface area contributed by atoms with Gasteiger partial charge in [-0.1, -0.05) is 31.2 Å². The number of hydrogen-bond acceptors (Lipinski definition) is 4. The molecule has 1 atom stereocenters. The molecule has 0 aliphatic carbocycles. The average molecular weight is 439 g/mol. The lowest BCUT2D eigenvalue weighted by Crippen LogP contribution is -2.24. The van der Waals surface area contributed by atoms with E-state index in [1.165, 1.54) is 30.0 Å². The number of methoxy groups -OCH3 is 1. The Hall–Kier alpha value is -3.32. The Bertz CT molecular complexity index is 1070. The molecule has 0 aliphatic rings. The third-order valence-corrected chi connectivity index (χ3v) is 5.85. The van der Waals surface area contributed by atoms with Crippen LogP contribution in [0.3, 0.4) is 0 Å². The zero-order chi connectivity index (χ0) is 22.2. The first-order chi connectivity index (χ1) is 15.0. The number of thioether (sulfide) groups is 1. The van der Waals surface area contributed by atoms with Crippen LogP contribution in [-0.2, 0) is 4.79 Å². The lowest BCUT2D eigenvalue weighted by molar-refractivity contribution is -0.115. The predicted octanol–water partition coefficient (Wildman–Crippen LogP) is 5.60. The van der Waals surface area contributed by atoms with Crippen molar-refractivity contribution in [2.24, 2.45) is 0 Å². The average Bonchev–Trinajstić information content (AvgIpc) is 2.78. The molecule has 2 amide bonds. The molecule has 1 unspecified atom stereocenters. The largest absolute Gasteiger partial charge is 0.497 e. The van der Waals surface area contributed by atoms with Crippen molar-refractivity contribution in [3.63, 3.8) is 0 Å². The van der Waals surface area contributed by atoms with E-state index < -0.39 is 11.7 Å². The van der Waals surface area contributed by atoms with E-state index in [9.17, 15) is 14.0 Å². The molecule has 0 fully saturated rings. The van der Waals surface area contributed by atoms with Gasteiger partial charge in [0.15, 0.2) is 0 Å². The van der Waals surface area contributed by atoms with Crippen molar-refractivity contribution in [1.29, 1.82) is 0 Å². The first kappa shape index (κ1) is 22.4. The summed E-state index contributed by atoms with van der Waals surface area (Å²) in [4.78, 5) is 25.9. The monoisotopic (exact) mass is 438 g/mol. The van der Waals surface area contributed by atoms with Crippen molar-refractivity contribution in [3.05, 3.63) is 84.2 Å². The molecule has 3 aromatic rings. The Morgan fingerprint density at radius 1 is 0.968 bits per heavy atom. The summed E-state index contributed by atoms with van der Waals surface area (Å²) in [5.41, 5.74) is 1.17.